The van der Waals surface area contributed by atoms with E-state index in [0.29, 0.717) is 23.8 Å². The molecule has 1 aliphatic rings. The zero-order valence-corrected chi connectivity index (χ0v) is 13.2. The Balaban J connectivity index is 1.74. The molecule has 2 aromatic heterocycles. The maximum Gasteiger partial charge on any atom is 0.260 e. The number of rotatable bonds is 7. The SMILES string of the molecule is Cc1[nH]nc(S(=O)(=O)NCc2cscn2)c1CNC1CC1. The Morgan fingerprint density at radius 1 is 1.43 bits per heavy atom. The molecule has 114 valence electrons. The van der Waals surface area contributed by atoms with Gasteiger partial charge in [-0.2, -0.15) is 5.10 Å². The smallest absolute Gasteiger partial charge is 0.260 e. The van der Waals surface area contributed by atoms with E-state index < -0.39 is 10.0 Å². The van der Waals surface area contributed by atoms with Gasteiger partial charge in [0.1, 0.15) is 0 Å². The molecule has 21 heavy (non-hydrogen) atoms. The molecule has 0 aliphatic heterocycles. The Bertz CT molecular complexity index is 704. The van der Waals surface area contributed by atoms with Crippen molar-refractivity contribution >= 4 is 21.4 Å². The summed E-state index contributed by atoms with van der Waals surface area (Å²) in [7, 11) is -3.64. The van der Waals surface area contributed by atoms with Crippen LogP contribution in [0.5, 0.6) is 0 Å². The predicted molar refractivity (Wildman–Crippen MR) is 79.3 cm³/mol. The van der Waals surface area contributed by atoms with Gasteiger partial charge in [0, 0.05) is 29.2 Å². The minimum absolute atomic E-state index is 0.0726. The number of H-pyrrole nitrogens is 1. The van der Waals surface area contributed by atoms with Gasteiger partial charge in [0.25, 0.3) is 10.0 Å². The molecule has 1 aliphatic carbocycles. The normalized spacial score (nSPS) is 15.5. The molecule has 0 unspecified atom stereocenters. The minimum Gasteiger partial charge on any atom is -0.310 e. The molecule has 1 fully saturated rings. The molecule has 0 saturated heterocycles. The van der Waals surface area contributed by atoms with E-state index in [1.165, 1.54) is 11.3 Å². The molecule has 2 aromatic rings. The summed E-state index contributed by atoms with van der Waals surface area (Å²) >= 11 is 1.43. The lowest BCUT2D eigenvalue weighted by Crippen LogP contribution is -2.26. The van der Waals surface area contributed by atoms with Crippen LogP contribution in [0.3, 0.4) is 0 Å². The van der Waals surface area contributed by atoms with Crippen LogP contribution in [-0.2, 0) is 23.1 Å². The lowest BCUT2D eigenvalue weighted by atomic mass is 10.2. The Morgan fingerprint density at radius 2 is 2.24 bits per heavy atom. The Hall–Kier alpha value is -1.29. The fourth-order valence-electron chi connectivity index (χ4n) is 1.96. The third-order valence-corrected chi connectivity index (χ3v) is 5.37. The maximum atomic E-state index is 12.4. The molecule has 0 aromatic carbocycles. The van der Waals surface area contributed by atoms with Crippen molar-refractivity contribution in [3.05, 3.63) is 27.8 Å². The summed E-state index contributed by atoms with van der Waals surface area (Å²) in [6.45, 7) is 2.52. The monoisotopic (exact) mass is 327 g/mol. The lowest BCUT2D eigenvalue weighted by molar-refractivity contribution is 0.572. The minimum atomic E-state index is -3.64. The van der Waals surface area contributed by atoms with E-state index in [1.807, 2.05) is 12.3 Å². The number of nitrogens with one attached hydrogen (secondary N) is 3. The molecule has 0 amide bonds. The van der Waals surface area contributed by atoms with Gasteiger partial charge in [-0.05, 0) is 19.8 Å². The number of aryl methyl sites for hydroxylation is 1. The molecule has 3 rings (SSSR count). The predicted octanol–water partition coefficient (Wildman–Crippen LogP) is 0.905. The number of hydrogen-bond acceptors (Lipinski definition) is 6. The van der Waals surface area contributed by atoms with Crippen molar-refractivity contribution in [2.45, 2.75) is 43.9 Å². The third-order valence-electron chi connectivity index (χ3n) is 3.36. The van der Waals surface area contributed by atoms with Crippen LogP contribution in [0.4, 0.5) is 0 Å². The van der Waals surface area contributed by atoms with Crippen LogP contribution in [0.25, 0.3) is 0 Å². The van der Waals surface area contributed by atoms with Gasteiger partial charge >= 0.3 is 0 Å². The second kappa shape index (κ2) is 5.84. The van der Waals surface area contributed by atoms with Crippen molar-refractivity contribution in [3.8, 4) is 0 Å². The first-order chi connectivity index (χ1) is 10.1. The average Bonchev–Trinajstić information content (AvgIpc) is 2.98. The standard InChI is InChI=1S/C12H17N5O2S2/c1-8-11(5-13-9-2-3-9)12(17-16-8)21(18,19)15-4-10-6-20-7-14-10/h6-7,9,13,15H,2-5H2,1H3,(H,16,17). The Morgan fingerprint density at radius 3 is 2.90 bits per heavy atom. The van der Waals surface area contributed by atoms with E-state index in [4.69, 9.17) is 0 Å². The van der Waals surface area contributed by atoms with E-state index in [0.717, 1.165) is 18.5 Å². The van der Waals surface area contributed by atoms with Gasteiger partial charge < -0.3 is 5.32 Å². The zero-order valence-electron chi connectivity index (χ0n) is 11.6. The number of nitrogens with zero attached hydrogens (tertiary/aromatic N) is 2. The number of sulfonamides is 1. The van der Waals surface area contributed by atoms with Crippen molar-refractivity contribution in [2.24, 2.45) is 0 Å². The van der Waals surface area contributed by atoms with Gasteiger partial charge in [0.05, 0.1) is 17.7 Å². The molecule has 0 bridgehead atoms. The van der Waals surface area contributed by atoms with E-state index in [2.05, 4.69) is 25.2 Å². The van der Waals surface area contributed by atoms with Crippen LogP contribution in [0.1, 0.15) is 29.8 Å². The third kappa shape index (κ3) is 3.49. The number of aromatic nitrogens is 3. The summed E-state index contributed by atoms with van der Waals surface area (Å²) < 4.78 is 27.3. The average molecular weight is 327 g/mol. The first-order valence-corrected chi connectivity index (χ1v) is 9.13. The number of hydrogen-bond donors (Lipinski definition) is 3. The molecule has 1 saturated carbocycles. The fourth-order valence-corrected chi connectivity index (χ4v) is 3.70. The first-order valence-electron chi connectivity index (χ1n) is 6.70. The second-order valence-electron chi connectivity index (χ2n) is 5.09. The molecule has 2 heterocycles. The van der Waals surface area contributed by atoms with Gasteiger partial charge in [-0.25, -0.2) is 18.1 Å². The van der Waals surface area contributed by atoms with Crippen LogP contribution in [0, 0.1) is 6.92 Å². The van der Waals surface area contributed by atoms with Crippen LogP contribution < -0.4 is 10.0 Å². The summed E-state index contributed by atoms with van der Waals surface area (Å²) in [6.07, 6.45) is 2.31. The molecular formula is C12H17N5O2S2. The van der Waals surface area contributed by atoms with E-state index >= 15 is 0 Å². The van der Waals surface area contributed by atoms with Gasteiger partial charge in [-0.3, -0.25) is 5.10 Å². The molecule has 9 heteroatoms. The highest BCUT2D eigenvalue weighted by molar-refractivity contribution is 7.89. The van der Waals surface area contributed by atoms with Gasteiger partial charge in [0.15, 0.2) is 5.03 Å². The highest BCUT2D eigenvalue weighted by Crippen LogP contribution is 2.22. The molecule has 0 atom stereocenters. The number of aromatic amines is 1. The molecule has 0 spiro atoms. The Kier molecular flexibility index (Phi) is 4.07. The second-order valence-corrected chi connectivity index (χ2v) is 7.49. The molecule has 7 nitrogen and oxygen atoms in total. The topological polar surface area (TPSA) is 99.8 Å². The van der Waals surface area contributed by atoms with Gasteiger partial charge in [-0.15, -0.1) is 11.3 Å². The molecule has 0 radical (unpaired) electrons. The largest absolute Gasteiger partial charge is 0.310 e. The van der Waals surface area contributed by atoms with Gasteiger partial charge in [0.2, 0.25) is 0 Å². The van der Waals surface area contributed by atoms with E-state index in [-0.39, 0.29) is 11.6 Å². The van der Waals surface area contributed by atoms with Gasteiger partial charge in [-0.1, -0.05) is 0 Å². The Labute approximate surface area is 127 Å². The quantitative estimate of drug-likeness (QED) is 0.702. The summed E-state index contributed by atoms with van der Waals surface area (Å²) in [5.74, 6) is 0. The maximum absolute atomic E-state index is 12.4. The zero-order chi connectivity index (χ0) is 14.9. The van der Waals surface area contributed by atoms with Crippen molar-refractivity contribution in [1.29, 1.82) is 0 Å². The highest BCUT2D eigenvalue weighted by Gasteiger charge is 2.26. The van der Waals surface area contributed by atoms with Crippen molar-refractivity contribution in [2.75, 3.05) is 0 Å². The van der Waals surface area contributed by atoms with Crippen LogP contribution in [-0.4, -0.2) is 29.6 Å². The van der Waals surface area contributed by atoms with Crippen molar-refractivity contribution in [1.82, 2.24) is 25.2 Å². The first kappa shape index (κ1) is 14.6. The number of thiazole rings is 1. The summed E-state index contributed by atoms with van der Waals surface area (Å²) in [6, 6.07) is 0.512. The van der Waals surface area contributed by atoms with Crippen LogP contribution in [0.15, 0.2) is 15.9 Å². The molecular weight excluding hydrogens is 310 g/mol. The van der Waals surface area contributed by atoms with Crippen LogP contribution in [0.2, 0.25) is 0 Å². The fraction of sp³-hybridized carbons (Fsp3) is 0.500. The van der Waals surface area contributed by atoms with Crippen molar-refractivity contribution < 1.29 is 8.42 Å². The summed E-state index contributed by atoms with van der Waals surface area (Å²) in [5.41, 5.74) is 3.85. The molecule has 3 N–H and O–H groups in total. The van der Waals surface area contributed by atoms with Crippen LogP contribution >= 0.6 is 11.3 Å². The van der Waals surface area contributed by atoms with Crippen molar-refractivity contribution in [3.63, 3.8) is 0 Å². The lowest BCUT2D eigenvalue weighted by Gasteiger charge is -2.07. The highest BCUT2D eigenvalue weighted by atomic mass is 32.2. The summed E-state index contributed by atoms with van der Waals surface area (Å²) in [4.78, 5) is 4.06. The van der Waals surface area contributed by atoms with E-state index in [9.17, 15) is 8.42 Å². The summed E-state index contributed by atoms with van der Waals surface area (Å²) in [5, 5.41) is 11.9. The van der Waals surface area contributed by atoms with E-state index in [1.54, 1.807) is 5.51 Å².